The number of aliphatic hydroxyl groups excluding tert-OH is 15. The maximum Gasteiger partial charge on any atom is 0.371 e. The molecule has 0 aliphatic heterocycles. The largest absolute Gasteiger partial charge is 0.479 e. The highest BCUT2D eigenvalue weighted by Crippen LogP contribution is 2.24. The fourth-order valence-electron chi connectivity index (χ4n) is 14.5. The van der Waals surface area contributed by atoms with Gasteiger partial charge in [-0.15, -0.1) is 0 Å². The summed E-state index contributed by atoms with van der Waals surface area (Å²) >= 11 is 0. The first kappa shape index (κ1) is 144. The van der Waals surface area contributed by atoms with Gasteiger partial charge in [-0.1, -0.05) is 185 Å². The zero-order valence-corrected chi connectivity index (χ0v) is 83.7. The molecule has 6 aromatic carbocycles. The Hall–Kier alpha value is -10.4. The lowest BCUT2D eigenvalue weighted by Crippen LogP contribution is -2.15. The van der Waals surface area contributed by atoms with E-state index in [1.807, 2.05) is 6.07 Å². The maximum atomic E-state index is 10.7. The van der Waals surface area contributed by atoms with Crippen LogP contribution in [0.3, 0.4) is 0 Å². The first-order valence-corrected chi connectivity index (χ1v) is 48.7. The summed E-state index contributed by atoms with van der Waals surface area (Å²) in [6, 6.07) is 53.0. The van der Waals surface area contributed by atoms with Crippen LogP contribution in [0.4, 0.5) is 0 Å². The van der Waals surface area contributed by atoms with Crippen LogP contribution in [0.25, 0.3) is 0 Å². The molecule has 10 saturated carbocycles. The van der Waals surface area contributed by atoms with Gasteiger partial charge >= 0.3 is 41.8 Å². The van der Waals surface area contributed by atoms with Crippen LogP contribution in [0.1, 0.15) is 297 Å². The molecule has 10 fully saturated rings. The van der Waals surface area contributed by atoms with Crippen LogP contribution in [-0.4, -0.2) is 293 Å². The molecule has 840 valence electrons. The molecule has 6 aromatic rings. The van der Waals surface area contributed by atoms with Crippen LogP contribution in [0.2, 0.25) is 0 Å². The van der Waals surface area contributed by atoms with E-state index in [-0.39, 0.29) is 142 Å². The highest BCUT2D eigenvalue weighted by atomic mass is 16.4. The summed E-state index contributed by atoms with van der Waals surface area (Å²) in [7, 11) is 0. The first-order chi connectivity index (χ1) is 68.5. The van der Waals surface area contributed by atoms with Gasteiger partial charge in [0.05, 0.1) is 66.6 Å². The molecule has 0 bridgehead atoms. The van der Waals surface area contributed by atoms with Crippen molar-refractivity contribution in [3.63, 3.8) is 0 Å². The summed E-state index contributed by atoms with van der Waals surface area (Å²) < 4.78 is 0. The number of aliphatic hydroxyl groups is 15. The minimum Gasteiger partial charge on any atom is -0.479 e. The van der Waals surface area contributed by atoms with Crippen molar-refractivity contribution in [2.75, 3.05) is 0 Å². The highest BCUT2D eigenvalue weighted by Gasteiger charge is 2.27. The van der Waals surface area contributed by atoms with Crippen molar-refractivity contribution >= 4 is 59.1 Å². The average molecular weight is 2100 g/mol. The highest BCUT2D eigenvalue weighted by molar-refractivity contribution is 6.31. The lowest BCUT2D eigenvalue weighted by molar-refractivity contribution is -0.148. The zero-order chi connectivity index (χ0) is 111. The molecule has 10 aliphatic carbocycles. The number of carbonyl (C=O) groups excluding carboxylic acids is 3. The lowest BCUT2D eigenvalue weighted by atomic mass is 10.1. The Morgan fingerprint density at radius 3 is 0.392 bits per heavy atom. The second-order valence-corrected chi connectivity index (χ2v) is 36.7. The van der Waals surface area contributed by atoms with Crippen molar-refractivity contribution in [3.05, 3.63) is 215 Å². The van der Waals surface area contributed by atoms with Crippen LogP contribution in [0, 0.1) is 0 Å². The van der Waals surface area contributed by atoms with E-state index in [0.29, 0.717) is 33.4 Å². The minimum absolute atomic E-state index is 0. The van der Waals surface area contributed by atoms with Gasteiger partial charge in [0.15, 0.2) is 30.2 Å². The third-order valence-corrected chi connectivity index (χ3v) is 23.0. The third kappa shape index (κ3) is 76.2. The predicted octanol–water partition coefficient (Wildman–Crippen LogP) is 5.09. The third-order valence-electron chi connectivity index (χ3n) is 23.0. The van der Waals surface area contributed by atoms with E-state index in [4.69, 9.17) is 165 Å². The molecule has 42 N–H and O–H groups in total. The number of nitrogens with two attached hydrogens (primary N) is 10. The Morgan fingerprint density at radius 1 is 0.209 bits per heavy atom. The van der Waals surface area contributed by atoms with E-state index in [2.05, 4.69) is 0 Å². The number of carboxylic acids is 7. The number of hydrogen-bond donors (Lipinski definition) is 32. The second kappa shape index (κ2) is 84.3. The number of Topliss-reactive ketones (excluding diaryl/α,β-unsaturated/α-hetero) is 3. The van der Waals surface area contributed by atoms with Crippen LogP contribution in [0.5, 0.6) is 0 Å². The Bertz CT molecular complexity index is 3700. The smallest absolute Gasteiger partial charge is 0.371 e. The maximum absolute atomic E-state index is 10.7. The summed E-state index contributed by atoms with van der Waals surface area (Å²) in [5.41, 5.74) is 57.2. The number of rotatable bonds is 13. The topological polar surface area (TPSA) is 876 Å². The van der Waals surface area contributed by atoms with Gasteiger partial charge in [0.25, 0.3) is 0 Å². The summed E-state index contributed by atoms with van der Waals surface area (Å²) in [4.78, 5) is 99.7. The number of aromatic carboxylic acids is 1. The summed E-state index contributed by atoms with van der Waals surface area (Å²) in [6.45, 7) is 3.38. The van der Waals surface area contributed by atoms with Crippen molar-refractivity contribution in [1.29, 1.82) is 0 Å². The molecule has 13 unspecified atom stereocenters. The summed E-state index contributed by atoms with van der Waals surface area (Å²) in [5, 5.41) is 191. The monoisotopic (exact) mass is 2100 g/mol. The first-order valence-electron chi connectivity index (χ1n) is 48.7. The van der Waals surface area contributed by atoms with E-state index >= 15 is 0 Å². The van der Waals surface area contributed by atoms with Crippen LogP contribution >= 0.6 is 0 Å². The van der Waals surface area contributed by atoms with E-state index in [1.165, 1.54) is 6.92 Å². The number of benzene rings is 6. The van der Waals surface area contributed by atoms with Gasteiger partial charge in [-0.05, 0) is 239 Å². The molecule has 0 saturated heterocycles. The van der Waals surface area contributed by atoms with Crippen molar-refractivity contribution in [2.45, 2.75) is 380 Å². The van der Waals surface area contributed by atoms with Crippen molar-refractivity contribution in [2.24, 2.45) is 57.3 Å². The lowest BCUT2D eigenvalue weighted by Gasteiger charge is -2.04. The second-order valence-electron chi connectivity index (χ2n) is 36.7. The van der Waals surface area contributed by atoms with Crippen molar-refractivity contribution in [3.8, 4) is 0 Å². The normalized spacial score (nSPS) is 25.6. The van der Waals surface area contributed by atoms with Crippen molar-refractivity contribution in [1.82, 2.24) is 0 Å². The molecule has 0 amide bonds. The molecular formula is C106H174N10O32. The van der Waals surface area contributed by atoms with Crippen molar-refractivity contribution < 1.29 is 160 Å². The standard InChI is InChI=1S/C9H10O2.4C8H8O3.C7H6O2.10C5H11NO.2C3H4O3.2CH4/c1-7(10)9(11)8-5-3-2-4-6-8;4*9-7(8(10)11)6-4-2-1-3-5-6;8-7(9)6-4-2-1-3-5-6;10*6-4-1-2-5(7)3-4;2*1-2(4)3(5)6;;/h2-6,9,11H,1H3;4*1-5,7,9H,(H,10,11);1-5H,(H,8,9);10*4-5,7H,1-3,6H2;2*1H3,(H,5,6);2*1H4/t;4*7-;;4*4-,5+;;;;;;;;;;/m.1100.0000........../s1. The SMILES string of the molecule is C.C.CC(=O)C(=O)O.CC(=O)C(=O)O.CC(=O)C(O)c1ccccc1.NC1CCC(O)C1.NC1CCC(O)C1.NC1CCC(O)C1.NC1CCC(O)C1.NC1CCC(O)C1.NC1CCC(O)C1.N[C@H]1CC[C@@H](O)C1.N[C@H]1CC[C@@H](O)C1.N[C@H]1CC[C@@H](O)C1.N[C@H]1CC[C@@H](O)C1.O=C(O)[C@@H](O)c1ccccc1.O=C(O)[C@@H](O)c1ccccc1.O=C(O)[C@H](O)c1ccccc1.O=C(O)[C@H](O)c1ccccc1.O=C(O)c1ccccc1. The van der Waals surface area contributed by atoms with Crippen LogP contribution < -0.4 is 57.3 Å². The van der Waals surface area contributed by atoms with E-state index in [1.54, 1.807) is 176 Å². The van der Waals surface area contributed by atoms with Gasteiger partial charge in [0.2, 0.25) is 11.6 Å². The van der Waals surface area contributed by atoms with Gasteiger partial charge in [-0.2, -0.15) is 0 Å². The van der Waals surface area contributed by atoms with Gasteiger partial charge in [0.1, 0.15) is 6.10 Å². The molecule has 25 atom stereocenters. The number of hydrogen-bond acceptors (Lipinski definition) is 35. The number of carboxylic acid groups (broad SMARTS) is 7. The molecule has 0 spiro atoms. The van der Waals surface area contributed by atoms with Gasteiger partial charge in [0, 0.05) is 74.3 Å². The van der Waals surface area contributed by atoms with Crippen LogP contribution in [-0.2, 0) is 43.2 Å². The quantitative estimate of drug-likeness (QED) is 0.0669. The fourth-order valence-corrected chi connectivity index (χ4v) is 14.5. The number of ketones is 3. The Kier molecular flexibility index (Phi) is 82.0. The van der Waals surface area contributed by atoms with E-state index in [9.17, 15) is 53.1 Å². The molecule has 148 heavy (non-hydrogen) atoms. The molecular weight excluding hydrogens is 1930 g/mol. The fraction of sp³-hybridized carbons (Fsp3) is 0.566. The predicted molar refractivity (Wildman–Crippen MR) is 560 cm³/mol. The van der Waals surface area contributed by atoms with Gasteiger partial charge in [-0.25, -0.2) is 33.6 Å². The molecule has 0 radical (unpaired) electrons. The molecule has 16 rings (SSSR count). The van der Waals surface area contributed by atoms with E-state index < -0.39 is 83.9 Å². The Balaban J connectivity index is -0.000000744. The number of aliphatic carboxylic acids is 6. The number of carbonyl (C=O) groups is 10. The van der Waals surface area contributed by atoms with Gasteiger partial charge in [-0.3, -0.25) is 14.4 Å². The Morgan fingerprint density at radius 2 is 0.324 bits per heavy atom. The molecule has 42 nitrogen and oxygen atoms in total. The van der Waals surface area contributed by atoms with Gasteiger partial charge < -0.3 is 170 Å². The Labute approximate surface area is 868 Å². The molecule has 10 aliphatic rings. The molecule has 0 heterocycles. The van der Waals surface area contributed by atoms with E-state index in [0.717, 1.165) is 206 Å². The molecule has 0 aromatic heterocycles. The van der Waals surface area contributed by atoms with Crippen LogP contribution in [0.15, 0.2) is 182 Å². The molecule has 42 heteroatoms. The summed E-state index contributed by atoms with van der Waals surface area (Å²) in [6.07, 6.45) is 19.5. The summed E-state index contributed by atoms with van der Waals surface area (Å²) in [5.74, 6) is -10.4. The minimum atomic E-state index is -1.41. The zero-order valence-electron chi connectivity index (χ0n) is 83.7. The average Bonchev–Trinajstić information content (AvgIpc) is 1.24.